The highest BCUT2D eigenvalue weighted by atomic mass is 16.5. The normalized spacial score (nSPS) is 16.8. The topological polar surface area (TPSA) is 21.3 Å². The zero-order valence-corrected chi connectivity index (χ0v) is 14.1. The van der Waals surface area contributed by atoms with Crippen LogP contribution >= 0.6 is 0 Å². The van der Waals surface area contributed by atoms with Crippen LogP contribution in [0.1, 0.15) is 52.0 Å². The third-order valence-corrected chi connectivity index (χ3v) is 4.28. The van der Waals surface area contributed by atoms with Gasteiger partial charge in [-0.1, -0.05) is 39.0 Å². The van der Waals surface area contributed by atoms with Crippen LogP contribution in [0, 0.1) is 11.3 Å². The molecule has 1 aliphatic rings. The fraction of sp³-hybridized carbons (Fsp3) is 0.684. The Bertz CT molecular complexity index is 431. The van der Waals surface area contributed by atoms with Gasteiger partial charge in [0.15, 0.2) is 0 Å². The van der Waals surface area contributed by atoms with Crippen molar-refractivity contribution in [2.75, 3.05) is 13.7 Å². The molecule has 1 aliphatic carbocycles. The molecule has 1 atom stereocenters. The summed E-state index contributed by atoms with van der Waals surface area (Å²) in [6.07, 6.45) is 6.39. The van der Waals surface area contributed by atoms with E-state index in [1.54, 1.807) is 7.11 Å². The number of ether oxygens (including phenoxy) is 1. The third-order valence-electron chi connectivity index (χ3n) is 4.28. The Hall–Kier alpha value is -1.02. The Morgan fingerprint density at radius 1 is 1.24 bits per heavy atom. The maximum absolute atomic E-state index is 5.51. The van der Waals surface area contributed by atoms with E-state index in [4.69, 9.17) is 4.74 Å². The first-order valence-corrected chi connectivity index (χ1v) is 8.33. The number of benzene rings is 1. The summed E-state index contributed by atoms with van der Waals surface area (Å²) in [7, 11) is 1.77. The van der Waals surface area contributed by atoms with Crippen molar-refractivity contribution in [3.05, 3.63) is 29.8 Å². The molecule has 0 aromatic heterocycles. The van der Waals surface area contributed by atoms with Crippen LogP contribution in [0.25, 0.3) is 0 Å². The quantitative estimate of drug-likeness (QED) is 0.764. The van der Waals surface area contributed by atoms with Crippen molar-refractivity contribution < 1.29 is 4.74 Å². The molecule has 0 heterocycles. The summed E-state index contributed by atoms with van der Waals surface area (Å²) in [5.41, 5.74) is 1.76. The van der Waals surface area contributed by atoms with Gasteiger partial charge in [-0.25, -0.2) is 0 Å². The number of rotatable bonds is 8. The first-order valence-electron chi connectivity index (χ1n) is 8.33. The van der Waals surface area contributed by atoms with Crippen molar-refractivity contribution in [1.82, 2.24) is 5.32 Å². The maximum atomic E-state index is 5.51. The van der Waals surface area contributed by atoms with Gasteiger partial charge in [0.2, 0.25) is 0 Å². The highest BCUT2D eigenvalue weighted by Crippen LogP contribution is 2.28. The highest BCUT2D eigenvalue weighted by Gasteiger charge is 2.23. The van der Waals surface area contributed by atoms with Gasteiger partial charge in [-0.05, 0) is 61.6 Å². The minimum Gasteiger partial charge on any atom is -0.496 e. The van der Waals surface area contributed by atoms with E-state index in [1.807, 2.05) is 0 Å². The molecule has 1 aromatic carbocycles. The Kier molecular flexibility index (Phi) is 5.69. The first kappa shape index (κ1) is 16.4. The van der Waals surface area contributed by atoms with Crippen molar-refractivity contribution in [2.24, 2.45) is 11.3 Å². The van der Waals surface area contributed by atoms with E-state index in [-0.39, 0.29) is 0 Å². The fourth-order valence-electron chi connectivity index (χ4n) is 2.72. The highest BCUT2D eigenvalue weighted by molar-refractivity contribution is 5.33. The molecule has 0 aliphatic heterocycles. The lowest BCUT2D eigenvalue weighted by atomic mass is 9.84. The average Bonchev–Trinajstić information content (AvgIpc) is 3.25. The minimum absolute atomic E-state index is 0.415. The second-order valence-electron chi connectivity index (χ2n) is 7.66. The monoisotopic (exact) mass is 289 g/mol. The van der Waals surface area contributed by atoms with E-state index < -0.39 is 0 Å². The van der Waals surface area contributed by atoms with Gasteiger partial charge in [0.1, 0.15) is 5.75 Å². The molecule has 0 spiro atoms. The number of nitrogens with one attached hydrogen (secondary N) is 1. The number of hydrogen-bond acceptors (Lipinski definition) is 2. The molecule has 0 radical (unpaired) electrons. The van der Waals surface area contributed by atoms with Gasteiger partial charge in [-0.15, -0.1) is 0 Å². The Balaban J connectivity index is 1.95. The van der Waals surface area contributed by atoms with Crippen molar-refractivity contribution in [3.8, 4) is 5.75 Å². The van der Waals surface area contributed by atoms with Crippen molar-refractivity contribution in [2.45, 2.75) is 58.9 Å². The van der Waals surface area contributed by atoms with Gasteiger partial charge < -0.3 is 10.1 Å². The zero-order chi connectivity index (χ0) is 15.3. The molecule has 1 unspecified atom stereocenters. The average molecular weight is 289 g/mol. The molecule has 2 nitrogen and oxygen atoms in total. The molecule has 1 fully saturated rings. The van der Waals surface area contributed by atoms with E-state index in [9.17, 15) is 0 Å². The Labute approximate surface area is 130 Å². The predicted molar refractivity (Wildman–Crippen MR) is 89.9 cm³/mol. The summed E-state index contributed by atoms with van der Waals surface area (Å²) in [5, 5.41) is 3.71. The summed E-state index contributed by atoms with van der Waals surface area (Å²) < 4.78 is 5.51. The molecule has 0 saturated heterocycles. The maximum Gasteiger partial charge on any atom is 0.122 e. The lowest BCUT2D eigenvalue weighted by Gasteiger charge is -2.24. The molecule has 0 bridgehead atoms. The summed E-state index contributed by atoms with van der Waals surface area (Å²) >= 11 is 0. The van der Waals surface area contributed by atoms with Crippen LogP contribution in [0.2, 0.25) is 0 Å². The van der Waals surface area contributed by atoms with Gasteiger partial charge in [-0.2, -0.15) is 0 Å². The Morgan fingerprint density at radius 2 is 1.95 bits per heavy atom. The van der Waals surface area contributed by atoms with Crippen LogP contribution in [0.3, 0.4) is 0 Å². The van der Waals surface area contributed by atoms with Gasteiger partial charge in [0.25, 0.3) is 0 Å². The second-order valence-corrected chi connectivity index (χ2v) is 7.66. The molecule has 1 N–H and O–H groups in total. The molecule has 21 heavy (non-hydrogen) atoms. The van der Waals surface area contributed by atoms with Crippen LogP contribution in [-0.2, 0) is 6.42 Å². The molecule has 0 amide bonds. The van der Waals surface area contributed by atoms with E-state index in [2.05, 4.69) is 50.4 Å². The minimum atomic E-state index is 0.415. The second kappa shape index (κ2) is 7.31. The molecular weight excluding hydrogens is 258 g/mol. The summed E-state index contributed by atoms with van der Waals surface area (Å²) in [5.74, 6) is 1.73. The van der Waals surface area contributed by atoms with Crippen LogP contribution in [0.5, 0.6) is 5.75 Å². The van der Waals surface area contributed by atoms with Gasteiger partial charge >= 0.3 is 0 Å². The Morgan fingerprint density at radius 3 is 2.57 bits per heavy atom. The number of methoxy groups -OCH3 is 1. The smallest absolute Gasteiger partial charge is 0.122 e. The van der Waals surface area contributed by atoms with Crippen LogP contribution < -0.4 is 10.1 Å². The summed E-state index contributed by atoms with van der Waals surface area (Å²) in [6.45, 7) is 8.14. The summed E-state index contributed by atoms with van der Waals surface area (Å²) in [6, 6.07) is 9.24. The van der Waals surface area contributed by atoms with Crippen LogP contribution in [0.4, 0.5) is 0 Å². The van der Waals surface area contributed by atoms with Gasteiger partial charge in [-0.3, -0.25) is 0 Å². The fourth-order valence-corrected chi connectivity index (χ4v) is 2.72. The van der Waals surface area contributed by atoms with E-state index in [0.717, 1.165) is 24.8 Å². The largest absolute Gasteiger partial charge is 0.496 e. The first-order chi connectivity index (χ1) is 9.98. The third kappa shape index (κ3) is 6.09. The number of para-hydroxylation sites is 1. The lowest BCUT2D eigenvalue weighted by Crippen LogP contribution is -2.27. The van der Waals surface area contributed by atoms with Crippen LogP contribution in [-0.4, -0.2) is 19.7 Å². The van der Waals surface area contributed by atoms with Gasteiger partial charge in [0, 0.05) is 6.04 Å². The molecule has 2 heteroatoms. The van der Waals surface area contributed by atoms with E-state index in [1.165, 1.54) is 31.2 Å². The van der Waals surface area contributed by atoms with E-state index in [0.29, 0.717) is 11.3 Å². The zero-order valence-electron chi connectivity index (χ0n) is 14.1. The predicted octanol–water partition coefficient (Wildman–Crippen LogP) is 4.43. The summed E-state index contributed by atoms with van der Waals surface area (Å²) in [4.78, 5) is 0. The standard InChI is InChI=1S/C19H31NO/c1-19(2,3)12-11-15(14-20-17-9-10-17)13-16-7-5-6-8-18(16)21-4/h5-8,15,17,20H,9-14H2,1-4H3. The lowest BCUT2D eigenvalue weighted by molar-refractivity contribution is 0.311. The van der Waals surface area contributed by atoms with Crippen molar-refractivity contribution >= 4 is 0 Å². The van der Waals surface area contributed by atoms with E-state index >= 15 is 0 Å². The number of hydrogen-bond donors (Lipinski definition) is 1. The molecule has 1 saturated carbocycles. The van der Waals surface area contributed by atoms with Crippen molar-refractivity contribution in [1.29, 1.82) is 0 Å². The molecular formula is C19H31NO. The molecule has 2 rings (SSSR count). The molecule has 118 valence electrons. The van der Waals surface area contributed by atoms with Crippen LogP contribution in [0.15, 0.2) is 24.3 Å². The van der Waals surface area contributed by atoms with Crippen molar-refractivity contribution in [3.63, 3.8) is 0 Å². The van der Waals surface area contributed by atoms with Gasteiger partial charge in [0.05, 0.1) is 7.11 Å². The molecule has 1 aromatic rings. The SMILES string of the molecule is COc1ccccc1CC(CCC(C)(C)C)CNC1CC1.